The van der Waals surface area contributed by atoms with E-state index in [0.29, 0.717) is 6.42 Å². The van der Waals surface area contributed by atoms with Crippen LogP contribution in [0.3, 0.4) is 0 Å². The van der Waals surface area contributed by atoms with Crippen molar-refractivity contribution in [3.8, 4) is 0 Å². The van der Waals surface area contributed by atoms with Gasteiger partial charge in [-0.05, 0) is 18.9 Å². The molecule has 0 aromatic heterocycles. The molecule has 1 saturated heterocycles. The Morgan fingerprint density at radius 1 is 1.47 bits per heavy atom. The van der Waals surface area contributed by atoms with Gasteiger partial charge in [-0.25, -0.2) is 4.79 Å². The standard InChI is InChI=1S/C14H17NO4/c1-10(11-5-3-2-4-6-11)15-12(7-8-13(16)17)9-19-14(15)18/h2-6,10,12H,7-9H2,1H3,(H,16,17). The van der Waals surface area contributed by atoms with Crippen molar-refractivity contribution in [1.29, 1.82) is 0 Å². The number of carboxylic acids is 1. The van der Waals surface area contributed by atoms with E-state index in [1.54, 1.807) is 4.90 Å². The number of carboxylic acid groups (broad SMARTS) is 1. The molecule has 2 rings (SSSR count). The van der Waals surface area contributed by atoms with E-state index in [1.807, 2.05) is 37.3 Å². The number of carbonyl (C=O) groups excluding carboxylic acids is 1. The molecule has 5 heteroatoms. The van der Waals surface area contributed by atoms with Crippen molar-refractivity contribution in [2.45, 2.75) is 31.8 Å². The first-order valence-electron chi connectivity index (χ1n) is 6.31. The lowest BCUT2D eigenvalue weighted by Gasteiger charge is -2.28. The van der Waals surface area contributed by atoms with Gasteiger partial charge >= 0.3 is 12.1 Å². The summed E-state index contributed by atoms with van der Waals surface area (Å²) in [5, 5.41) is 8.74. The van der Waals surface area contributed by atoms with Crippen LogP contribution in [0, 0.1) is 0 Å². The summed E-state index contributed by atoms with van der Waals surface area (Å²) in [7, 11) is 0. The Bertz CT molecular complexity index is 460. The molecule has 0 spiro atoms. The van der Waals surface area contributed by atoms with Crippen LogP contribution in [0.25, 0.3) is 0 Å². The molecule has 1 N–H and O–H groups in total. The smallest absolute Gasteiger partial charge is 0.410 e. The lowest BCUT2D eigenvalue weighted by molar-refractivity contribution is -0.137. The zero-order valence-corrected chi connectivity index (χ0v) is 10.8. The number of hydrogen-bond donors (Lipinski definition) is 1. The van der Waals surface area contributed by atoms with Crippen molar-refractivity contribution in [3.05, 3.63) is 35.9 Å². The first-order chi connectivity index (χ1) is 9.09. The molecule has 1 aliphatic heterocycles. The summed E-state index contributed by atoms with van der Waals surface area (Å²) < 4.78 is 5.05. The van der Waals surface area contributed by atoms with Crippen molar-refractivity contribution in [1.82, 2.24) is 4.90 Å². The van der Waals surface area contributed by atoms with Crippen molar-refractivity contribution in [2.75, 3.05) is 6.61 Å². The summed E-state index contributed by atoms with van der Waals surface area (Å²) in [5.41, 5.74) is 1.02. The number of benzene rings is 1. The first-order valence-corrected chi connectivity index (χ1v) is 6.31. The highest BCUT2D eigenvalue weighted by atomic mass is 16.6. The SMILES string of the molecule is CC(c1ccccc1)N1C(=O)OCC1CCC(=O)O. The second-order valence-electron chi connectivity index (χ2n) is 4.66. The molecule has 1 amide bonds. The average molecular weight is 263 g/mol. The van der Waals surface area contributed by atoms with Crippen LogP contribution in [0.4, 0.5) is 4.79 Å². The average Bonchev–Trinajstić information content (AvgIpc) is 2.78. The van der Waals surface area contributed by atoms with Gasteiger partial charge in [0.25, 0.3) is 0 Å². The van der Waals surface area contributed by atoms with E-state index in [0.717, 1.165) is 5.56 Å². The topological polar surface area (TPSA) is 66.8 Å². The maximum absolute atomic E-state index is 11.8. The minimum Gasteiger partial charge on any atom is -0.481 e. The van der Waals surface area contributed by atoms with Gasteiger partial charge in [0, 0.05) is 6.42 Å². The molecule has 0 saturated carbocycles. The highest BCUT2D eigenvalue weighted by Crippen LogP contribution is 2.28. The third-order valence-electron chi connectivity index (χ3n) is 3.39. The van der Waals surface area contributed by atoms with Crippen molar-refractivity contribution < 1.29 is 19.4 Å². The van der Waals surface area contributed by atoms with Crippen LogP contribution in [0.15, 0.2) is 30.3 Å². The number of hydrogen-bond acceptors (Lipinski definition) is 3. The molecule has 1 aromatic rings. The van der Waals surface area contributed by atoms with E-state index in [-0.39, 0.29) is 31.2 Å². The Hall–Kier alpha value is -2.04. The number of amides is 1. The number of aliphatic carboxylic acids is 1. The van der Waals surface area contributed by atoms with Crippen LogP contribution in [0.5, 0.6) is 0 Å². The molecule has 0 bridgehead atoms. The highest BCUT2D eigenvalue weighted by Gasteiger charge is 2.36. The summed E-state index contributed by atoms with van der Waals surface area (Å²) in [6.07, 6.45) is 0.0872. The number of carbonyl (C=O) groups is 2. The van der Waals surface area contributed by atoms with Gasteiger partial charge in [0.1, 0.15) is 6.61 Å². The fourth-order valence-corrected chi connectivity index (χ4v) is 2.35. The van der Waals surface area contributed by atoms with Crippen LogP contribution in [-0.2, 0) is 9.53 Å². The summed E-state index contributed by atoms with van der Waals surface area (Å²) in [5.74, 6) is -0.855. The molecule has 1 heterocycles. The minimum absolute atomic E-state index is 0.0410. The minimum atomic E-state index is -0.855. The van der Waals surface area contributed by atoms with E-state index >= 15 is 0 Å². The molecule has 102 valence electrons. The lowest BCUT2D eigenvalue weighted by atomic mass is 10.0. The predicted molar refractivity (Wildman–Crippen MR) is 68.7 cm³/mol. The van der Waals surface area contributed by atoms with E-state index < -0.39 is 5.97 Å². The van der Waals surface area contributed by atoms with Crippen LogP contribution in [-0.4, -0.2) is 34.7 Å². The normalized spacial score (nSPS) is 20.2. The summed E-state index contributed by atoms with van der Waals surface area (Å²) in [6.45, 7) is 2.19. The molecule has 0 radical (unpaired) electrons. The van der Waals surface area contributed by atoms with E-state index in [9.17, 15) is 9.59 Å². The Kier molecular flexibility index (Phi) is 4.04. The molecular weight excluding hydrogens is 246 g/mol. The predicted octanol–water partition coefficient (Wildman–Crippen LogP) is 2.43. The quantitative estimate of drug-likeness (QED) is 0.886. The van der Waals surface area contributed by atoms with E-state index in [4.69, 9.17) is 9.84 Å². The maximum Gasteiger partial charge on any atom is 0.410 e. The van der Waals surface area contributed by atoms with Gasteiger partial charge in [0.15, 0.2) is 0 Å². The molecule has 2 unspecified atom stereocenters. The molecule has 19 heavy (non-hydrogen) atoms. The van der Waals surface area contributed by atoms with E-state index in [1.165, 1.54) is 0 Å². The third-order valence-corrected chi connectivity index (χ3v) is 3.39. The largest absolute Gasteiger partial charge is 0.481 e. The first kappa shape index (κ1) is 13.4. The van der Waals surface area contributed by atoms with Gasteiger partial charge in [0.05, 0.1) is 12.1 Å². The number of rotatable bonds is 5. The van der Waals surface area contributed by atoms with Gasteiger partial charge in [0.2, 0.25) is 0 Å². The van der Waals surface area contributed by atoms with Gasteiger partial charge in [-0.2, -0.15) is 0 Å². The Morgan fingerprint density at radius 2 is 2.16 bits per heavy atom. The highest BCUT2D eigenvalue weighted by molar-refractivity contribution is 5.71. The molecule has 1 aromatic carbocycles. The fourth-order valence-electron chi connectivity index (χ4n) is 2.35. The van der Waals surface area contributed by atoms with Crippen molar-refractivity contribution in [2.24, 2.45) is 0 Å². The van der Waals surface area contributed by atoms with Gasteiger partial charge < -0.3 is 9.84 Å². The number of nitrogens with zero attached hydrogens (tertiary/aromatic N) is 1. The number of cyclic esters (lactones) is 1. The second kappa shape index (κ2) is 5.73. The van der Waals surface area contributed by atoms with Crippen molar-refractivity contribution >= 4 is 12.1 Å². The Morgan fingerprint density at radius 3 is 2.79 bits per heavy atom. The second-order valence-corrected chi connectivity index (χ2v) is 4.66. The Labute approximate surface area is 111 Å². The van der Waals surface area contributed by atoms with Crippen molar-refractivity contribution in [3.63, 3.8) is 0 Å². The van der Waals surface area contributed by atoms with Crippen LogP contribution in [0.2, 0.25) is 0 Å². The summed E-state index contributed by atoms with van der Waals surface area (Å²) in [4.78, 5) is 24.1. The van der Waals surface area contributed by atoms with Gasteiger partial charge in [-0.15, -0.1) is 0 Å². The summed E-state index contributed by atoms with van der Waals surface area (Å²) in [6, 6.07) is 9.36. The molecule has 0 aliphatic carbocycles. The zero-order valence-electron chi connectivity index (χ0n) is 10.8. The fraction of sp³-hybridized carbons (Fsp3) is 0.429. The van der Waals surface area contributed by atoms with Crippen LogP contribution < -0.4 is 0 Å². The molecular formula is C14H17NO4. The third kappa shape index (κ3) is 3.05. The molecule has 1 aliphatic rings. The van der Waals surface area contributed by atoms with Gasteiger partial charge in [-0.1, -0.05) is 30.3 Å². The summed E-state index contributed by atoms with van der Waals surface area (Å²) >= 11 is 0. The Balaban J connectivity index is 2.10. The van der Waals surface area contributed by atoms with Crippen LogP contribution in [0.1, 0.15) is 31.4 Å². The molecule has 5 nitrogen and oxygen atoms in total. The molecule has 2 atom stereocenters. The maximum atomic E-state index is 11.8. The zero-order chi connectivity index (χ0) is 13.8. The van der Waals surface area contributed by atoms with E-state index in [2.05, 4.69) is 0 Å². The molecule has 1 fully saturated rings. The lowest BCUT2D eigenvalue weighted by Crippen LogP contribution is -2.36. The monoisotopic (exact) mass is 263 g/mol. The van der Waals surface area contributed by atoms with Gasteiger partial charge in [-0.3, -0.25) is 9.69 Å². The number of ether oxygens (including phenoxy) is 1. The van der Waals surface area contributed by atoms with Crippen LogP contribution >= 0.6 is 0 Å².